The normalized spacial score (nSPS) is 13.2. The zero-order chi connectivity index (χ0) is 21.3. The fraction of sp³-hybridized carbons (Fsp3) is 0.412. The van der Waals surface area contributed by atoms with Gasteiger partial charge in [0.25, 0.3) is 5.69 Å². The van der Waals surface area contributed by atoms with Crippen molar-refractivity contribution in [2.24, 2.45) is 0 Å². The van der Waals surface area contributed by atoms with Crippen LogP contribution in [0, 0.1) is 10.1 Å². The molecule has 1 aromatic heterocycles. The minimum absolute atomic E-state index is 0.00278. The molecule has 1 aromatic carbocycles. The van der Waals surface area contributed by atoms with E-state index in [2.05, 4.69) is 4.98 Å². The third-order valence-corrected chi connectivity index (χ3v) is 4.86. The lowest BCUT2D eigenvalue weighted by Crippen LogP contribution is -2.47. The molecule has 1 atom stereocenters. The lowest BCUT2D eigenvalue weighted by Gasteiger charge is -2.38. The Hall–Kier alpha value is -2.69. The highest BCUT2D eigenvalue weighted by Gasteiger charge is 2.39. The van der Waals surface area contributed by atoms with Gasteiger partial charge in [-0.05, 0) is 32.8 Å². The molecule has 11 heteroatoms. The number of hydrogen-bond acceptors (Lipinski definition) is 5. The predicted molar refractivity (Wildman–Crippen MR) is 96.3 cm³/mol. The number of benzene rings is 1. The average Bonchev–Trinajstić information content (AvgIpc) is 3.03. The minimum Gasteiger partial charge on any atom is -0.465 e. The molecule has 2 rings (SSSR count). The van der Waals surface area contributed by atoms with E-state index in [1.165, 1.54) is 24.3 Å². The van der Waals surface area contributed by atoms with Crippen molar-refractivity contribution < 1.29 is 28.0 Å². The molecule has 28 heavy (non-hydrogen) atoms. The standard InChI is InChI=1S/C17H18F3N3O4S/c1-16(2,3)22(15(24)25)12(14-21-13(9-28-14)17(18,19)20)8-10-4-6-11(7-5-10)23(26)27/h4-7,9,12H,8H2,1-3H3,(H,24,25)/t12-/m0/s1. The highest BCUT2D eigenvalue weighted by atomic mass is 32.1. The van der Waals surface area contributed by atoms with E-state index in [4.69, 9.17) is 0 Å². The second-order valence-corrected chi connectivity index (χ2v) is 7.93. The monoisotopic (exact) mass is 417 g/mol. The summed E-state index contributed by atoms with van der Waals surface area (Å²) in [6.45, 7) is 4.88. The Morgan fingerprint density at radius 1 is 1.29 bits per heavy atom. The first kappa shape index (κ1) is 21.6. The van der Waals surface area contributed by atoms with Crippen LogP contribution in [0.3, 0.4) is 0 Å². The van der Waals surface area contributed by atoms with Crippen molar-refractivity contribution >= 4 is 23.1 Å². The largest absolute Gasteiger partial charge is 0.465 e. The highest BCUT2D eigenvalue weighted by Crippen LogP contribution is 2.37. The molecule has 1 N–H and O–H groups in total. The molecule has 1 heterocycles. The molecule has 2 aromatic rings. The first-order valence-electron chi connectivity index (χ1n) is 8.09. The fourth-order valence-electron chi connectivity index (χ4n) is 2.72. The average molecular weight is 417 g/mol. The molecule has 0 bridgehead atoms. The van der Waals surface area contributed by atoms with E-state index in [1.54, 1.807) is 20.8 Å². The van der Waals surface area contributed by atoms with Gasteiger partial charge < -0.3 is 5.11 Å². The number of rotatable bonds is 5. The number of halogens is 3. The second kappa shape index (κ2) is 7.74. The summed E-state index contributed by atoms with van der Waals surface area (Å²) >= 11 is 0.729. The first-order chi connectivity index (χ1) is 12.8. The zero-order valence-electron chi connectivity index (χ0n) is 15.2. The van der Waals surface area contributed by atoms with E-state index < -0.39 is 34.5 Å². The maximum absolute atomic E-state index is 13.0. The Morgan fingerprint density at radius 3 is 2.25 bits per heavy atom. The van der Waals surface area contributed by atoms with Gasteiger partial charge in [-0.25, -0.2) is 9.78 Å². The summed E-state index contributed by atoms with van der Waals surface area (Å²) in [5.74, 6) is 0. The molecule has 1 amide bonds. The fourth-order valence-corrected chi connectivity index (χ4v) is 3.64. The molecule has 0 unspecified atom stereocenters. The van der Waals surface area contributed by atoms with E-state index >= 15 is 0 Å². The maximum Gasteiger partial charge on any atom is 0.434 e. The number of nitro groups is 1. The van der Waals surface area contributed by atoms with Crippen LogP contribution in [-0.2, 0) is 12.6 Å². The van der Waals surface area contributed by atoms with E-state index in [-0.39, 0.29) is 17.1 Å². The van der Waals surface area contributed by atoms with Crippen molar-refractivity contribution in [3.8, 4) is 0 Å². The first-order valence-corrected chi connectivity index (χ1v) is 8.97. The molecule has 0 radical (unpaired) electrons. The molecular weight excluding hydrogens is 399 g/mol. The van der Waals surface area contributed by atoms with Crippen molar-refractivity contribution in [1.82, 2.24) is 9.88 Å². The molecular formula is C17H18F3N3O4S. The molecule has 0 aliphatic rings. The van der Waals surface area contributed by atoms with Crippen LogP contribution in [0.25, 0.3) is 0 Å². The molecule has 0 spiro atoms. The van der Waals surface area contributed by atoms with Crippen molar-refractivity contribution in [2.75, 3.05) is 0 Å². The SMILES string of the molecule is CC(C)(C)N(C(=O)O)[C@@H](Cc1ccc([N+](=O)[O-])cc1)c1nc(C(F)(F)F)cs1. The van der Waals surface area contributed by atoms with Gasteiger partial charge >= 0.3 is 12.3 Å². The van der Waals surface area contributed by atoms with Crippen LogP contribution in [0.5, 0.6) is 0 Å². The van der Waals surface area contributed by atoms with Gasteiger partial charge in [-0.2, -0.15) is 13.2 Å². The Morgan fingerprint density at radius 2 is 1.86 bits per heavy atom. The van der Waals surface area contributed by atoms with Crippen molar-refractivity contribution in [3.63, 3.8) is 0 Å². The number of hydrogen-bond donors (Lipinski definition) is 1. The van der Waals surface area contributed by atoms with Crippen molar-refractivity contribution in [2.45, 2.75) is 44.9 Å². The number of carboxylic acid groups (broad SMARTS) is 1. The number of amides is 1. The summed E-state index contributed by atoms with van der Waals surface area (Å²) in [6, 6.07) is 4.44. The van der Waals surface area contributed by atoms with Gasteiger partial charge in [0.05, 0.1) is 11.0 Å². The van der Waals surface area contributed by atoms with Gasteiger partial charge in [0, 0.05) is 23.1 Å². The number of thiazole rings is 1. The van der Waals surface area contributed by atoms with Crippen LogP contribution in [0.15, 0.2) is 29.6 Å². The minimum atomic E-state index is -4.64. The van der Waals surface area contributed by atoms with E-state index in [1.807, 2.05) is 0 Å². The Balaban J connectivity index is 2.47. The summed E-state index contributed by atoms with van der Waals surface area (Å²) in [6.07, 6.45) is -5.92. The molecule has 7 nitrogen and oxygen atoms in total. The topological polar surface area (TPSA) is 96.6 Å². The number of non-ortho nitro benzene ring substituents is 1. The van der Waals surface area contributed by atoms with Crippen molar-refractivity contribution in [1.29, 1.82) is 0 Å². The number of alkyl halides is 3. The third-order valence-electron chi connectivity index (χ3n) is 3.91. The van der Waals surface area contributed by atoms with Gasteiger partial charge in [-0.1, -0.05) is 12.1 Å². The van der Waals surface area contributed by atoms with Crippen molar-refractivity contribution in [3.05, 3.63) is 56.0 Å². The Bertz CT molecular complexity index is 860. The van der Waals surface area contributed by atoms with Crippen LogP contribution in [0.2, 0.25) is 0 Å². The Kier molecular flexibility index (Phi) is 5.97. The molecule has 0 saturated heterocycles. The van der Waals surface area contributed by atoms with Gasteiger partial charge in [-0.15, -0.1) is 11.3 Å². The highest BCUT2D eigenvalue weighted by molar-refractivity contribution is 7.09. The quantitative estimate of drug-likeness (QED) is 0.537. The second-order valence-electron chi connectivity index (χ2n) is 7.04. The van der Waals surface area contributed by atoms with Gasteiger partial charge in [0.15, 0.2) is 5.69 Å². The van der Waals surface area contributed by atoms with Crippen LogP contribution in [0.1, 0.15) is 43.1 Å². The van der Waals surface area contributed by atoms with Gasteiger partial charge in [0.2, 0.25) is 0 Å². The Labute approximate surface area is 162 Å². The van der Waals surface area contributed by atoms with Crippen LogP contribution >= 0.6 is 11.3 Å². The van der Waals surface area contributed by atoms with E-state index in [0.717, 1.165) is 21.6 Å². The molecule has 0 saturated carbocycles. The van der Waals surface area contributed by atoms with Crippen LogP contribution < -0.4 is 0 Å². The van der Waals surface area contributed by atoms with E-state index in [9.17, 15) is 33.2 Å². The summed E-state index contributed by atoms with van der Waals surface area (Å²) in [5.41, 5.74) is -1.60. The smallest absolute Gasteiger partial charge is 0.434 e. The van der Waals surface area contributed by atoms with Gasteiger partial charge in [0.1, 0.15) is 5.01 Å². The number of carbonyl (C=O) groups is 1. The molecule has 0 aliphatic carbocycles. The summed E-state index contributed by atoms with van der Waals surface area (Å²) in [7, 11) is 0. The predicted octanol–water partition coefficient (Wildman–Crippen LogP) is 5.13. The number of aromatic nitrogens is 1. The molecule has 0 fully saturated rings. The van der Waals surface area contributed by atoms with Crippen LogP contribution in [-0.4, -0.2) is 31.5 Å². The lowest BCUT2D eigenvalue weighted by molar-refractivity contribution is -0.384. The zero-order valence-corrected chi connectivity index (χ0v) is 16.0. The summed E-state index contributed by atoms with van der Waals surface area (Å²) in [5, 5.41) is 21.3. The molecule has 152 valence electrons. The molecule has 0 aliphatic heterocycles. The summed E-state index contributed by atoms with van der Waals surface area (Å²) in [4.78, 5) is 26.8. The number of nitrogens with zero attached hydrogens (tertiary/aromatic N) is 3. The summed E-state index contributed by atoms with van der Waals surface area (Å²) < 4.78 is 38.9. The lowest BCUT2D eigenvalue weighted by atomic mass is 9.98. The van der Waals surface area contributed by atoms with Crippen LogP contribution in [0.4, 0.5) is 23.7 Å². The maximum atomic E-state index is 13.0. The van der Waals surface area contributed by atoms with Gasteiger partial charge in [-0.3, -0.25) is 15.0 Å². The number of nitro benzene ring substituents is 1. The van der Waals surface area contributed by atoms with E-state index in [0.29, 0.717) is 5.56 Å². The third kappa shape index (κ3) is 4.97.